The summed E-state index contributed by atoms with van der Waals surface area (Å²) in [6.45, 7) is 0. The molecule has 0 saturated carbocycles. The molecule has 10 aromatic rings. The third kappa shape index (κ3) is 5.81. The first-order valence-corrected chi connectivity index (χ1v) is 18.5. The Bertz CT molecular complexity index is 2980. The van der Waals surface area contributed by atoms with Crippen molar-refractivity contribution in [1.82, 2.24) is 0 Å². The SMILES string of the molecule is c1ccc(Nc2ccccc2Nc2ccc(-c3ccc4c(-c5ccc6ccccc6c5)c5ccccc5c(-c5ccc6ccccc6c5)c4c3)cc2)cc1. The summed E-state index contributed by atoms with van der Waals surface area (Å²) in [5.74, 6) is 0. The van der Waals surface area contributed by atoms with E-state index in [4.69, 9.17) is 0 Å². The second-order valence-corrected chi connectivity index (χ2v) is 13.9. The van der Waals surface area contributed by atoms with Crippen molar-refractivity contribution in [3.8, 4) is 33.4 Å². The Kier molecular flexibility index (Phi) is 7.85. The summed E-state index contributed by atoms with van der Waals surface area (Å²) in [6.07, 6.45) is 0. The van der Waals surface area contributed by atoms with E-state index < -0.39 is 0 Å². The van der Waals surface area contributed by atoms with Crippen LogP contribution in [0.5, 0.6) is 0 Å². The molecule has 54 heavy (non-hydrogen) atoms. The van der Waals surface area contributed by atoms with Gasteiger partial charge in [-0.25, -0.2) is 0 Å². The molecule has 2 heteroatoms. The minimum atomic E-state index is 1.02. The van der Waals surface area contributed by atoms with Gasteiger partial charge in [-0.3, -0.25) is 0 Å². The first-order chi connectivity index (χ1) is 26.7. The summed E-state index contributed by atoms with van der Waals surface area (Å²) in [7, 11) is 0. The lowest BCUT2D eigenvalue weighted by molar-refractivity contribution is 1.50. The molecule has 0 aliphatic heterocycles. The molecular formula is C52H36N2. The van der Waals surface area contributed by atoms with Gasteiger partial charge < -0.3 is 10.6 Å². The van der Waals surface area contributed by atoms with E-state index in [1.165, 1.54) is 76.5 Å². The summed E-state index contributed by atoms with van der Waals surface area (Å²) in [5.41, 5.74) is 11.5. The van der Waals surface area contributed by atoms with E-state index in [-0.39, 0.29) is 0 Å². The van der Waals surface area contributed by atoms with Crippen molar-refractivity contribution in [3.63, 3.8) is 0 Å². The first-order valence-electron chi connectivity index (χ1n) is 18.5. The molecule has 0 unspecified atom stereocenters. The number of benzene rings is 10. The zero-order valence-electron chi connectivity index (χ0n) is 29.6. The van der Waals surface area contributed by atoms with Crippen LogP contribution in [0.3, 0.4) is 0 Å². The highest BCUT2D eigenvalue weighted by Crippen LogP contribution is 2.46. The van der Waals surface area contributed by atoms with Gasteiger partial charge in [-0.2, -0.15) is 0 Å². The van der Waals surface area contributed by atoms with Crippen molar-refractivity contribution in [2.24, 2.45) is 0 Å². The molecule has 2 N–H and O–H groups in total. The van der Waals surface area contributed by atoms with E-state index in [1.807, 2.05) is 18.2 Å². The number of hydrogen-bond acceptors (Lipinski definition) is 2. The first kappa shape index (κ1) is 31.6. The standard InChI is InChI=1S/C52H36N2/c1-2-16-43(17-3-1)53-49-20-10-11-21-50(49)54-44-29-26-37(27-30-44)40-28-31-47-48(34-40)52(42-25-23-36-13-5-7-15-39(36)33-42)46-19-9-8-18-45(46)51(47)41-24-22-35-12-4-6-14-38(35)32-41/h1-34,53-54H. The molecule has 10 aromatic carbocycles. The van der Waals surface area contributed by atoms with Crippen molar-refractivity contribution in [2.75, 3.05) is 10.6 Å². The van der Waals surface area contributed by atoms with Crippen molar-refractivity contribution < 1.29 is 0 Å². The molecule has 0 saturated heterocycles. The quantitative estimate of drug-likeness (QED) is 0.163. The van der Waals surface area contributed by atoms with Crippen molar-refractivity contribution in [1.29, 1.82) is 0 Å². The molecule has 0 aliphatic rings. The highest BCUT2D eigenvalue weighted by atomic mass is 15.0. The largest absolute Gasteiger partial charge is 0.354 e. The van der Waals surface area contributed by atoms with Crippen molar-refractivity contribution in [3.05, 3.63) is 206 Å². The molecule has 0 fully saturated rings. The zero-order chi connectivity index (χ0) is 35.8. The van der Waals surface area contributed by atoms with Gasteiger partial charge in [0.25, 0.3) is 0 Å². The van der Waals surface area contributed by atoms with E-state index >= 15 is 0 Å². The molecule has 254 valence electrons. The Balaban J connectivity index is 1.11. The number of anilines is 4. The Labute approximate surface area is 315 Å². The number of hydrogen-bond donors (Lipinski definition) is 2. The van der Waals surface area contributed by atoms with Crippen molar-refractivity contribution >= 4 is 65.8 Å². The predicted octanol–water partition coefficient (Wildman–Crippen LogP) is 14.8. The average molecular weight is 689 g/mol. The molecule has 2 nitrogen and oxygen atoms in total. The lowest BCUT2D eigenvalue weighted by Crippen LogP contribution is -1.97. The lowest BCUT2D eigenvalue weighted by Gasteiger charge is -2.19. The zero-order valence-corrected chi connectivity index (χ0v) is 29.6. The second-order valence-electron chi connectivity index (χ2n) is 13.9. The van der Waals surface area contributed by atoms with Gasteiger partial charge in [-0.1, -0.05) is 152 Å². The number of para-hydroxylation sites is 3. The second kappa shape index (κ2) is 13.4. The highest BCUT2D eigenvalue weighted by Gasteiger charge is 2.18. The normalized spacial score (nSPS) is 11.3. The molecule has 0 aliphatic carbocycles. The van der Waals surface area contributed by atoms with Crippen LogP contribution in [0.25, 0.3) is 76.5 Å². The Hall–Kier alpha value is -7.16. The fourth-order valence-corrected chi connectivity index (χ4v) is 7.95. The molecule has 0 radical (unpaired) electrons. The van der Waals surface area contributed by atoms with Gasteiger partial charge >= 0.3 is 0 Å². The van der Waals surface area contributed by atoms with Crippen LogP contribution in [0.1, 0.15) is 0 Å². The van der Waals surface area contributed by atoms with Crippen LogP contribution in [0.15, 0.2) is 206 Å². The molecule has 10 rings (SSSR count). The van der Waals surface area contributed by atoms with Gasteiger partial charge in [0.1, 0.15) is 0 Å². The van der Waals surface area contributed by atoms with Crippen molar-refractivity contribution in [2.45, 2.75) is 0 Å². The highest BCUT2D eigenvalue weighted by molar-refractivity contribution is 6.22. The van der Waals surface area contributed by atoms with Crippen LogP contribution in [0, 0.1) is 0 Å². The van der Waals surface area contributed by atoms with E-state index in [2.05, 4.69) is 199 Å². The minimum absolute atomic E-state index is 1.02. The molecule has 0 amide bonds. The maximum Gasteiger partial charge on any atom is 0.0623 e. The summed E-state index contributed by atoms with van der Waals surface area (Å²) >= 11 is 0. The molecule has 0 atom stereocenters. The Morgan fingerprint density at radius 1 is 0.241 bits per heavy atom. The summed E-state index contributed by atoms with van der Waals surface area (Å²) in [4.78, 5) is 0. The fourth-order valence-electron chi connectivity index (χ4n) is 7.95. The summed E-state index contributed by atoms with van der Waals surface area (Å²) < 4.78 is 0. The molecular weight excluding hydrogens is 653 g/mol. The minimum Gasteiger partial charge on any atom is -0.354 e. The van der Waals surface area contributed by atoms with Gasteiger partial charge in [0.05, 0.1) is 11.4 Å². The maximum atomic E-state index is 3.64. The van der Waals surface area contributed by atoms with Gasteiger partial charge in [0.15, 0.2) is 0 Å². The predicted molar refractivity (Wildman–Crippen MR) is 232 cm³/mol. The number of fused-ring (bicyclic) bond motifs is 4. The lowest BCUT2D eigenvalue weighted by atomic mass is 9.84. The summed E-state index contributed by atoms with van der Waals surface area (Å²) in [6, 6.07) is 74.4. The Morgan fingerprint density at radius 2 is 0.667 bits per heavy atom. The number of nitrogens with one attached hydrogen (secondary N) is 2. The van der Waals surface area contributed by atoms with Crippen LogP contribution >= 0.6 is 0 Å². The maximum absolute atomic E-state index is 3.64. The smallest absolute Gasteiger partial charge is 0.0623 e. The van der Waals surface area contributed by atoms with E-state index in [0.29, 0.717) is 0 Å². The molecule has 0 spiro atoms. The van der Waals surface area contributed by atoms with E-state index in [0.717, 1.165) is 22.7 Å². The monoisotopic (exact) mass is 688 g/mol. The topological polar surface area (TPSA) is 24.1 Å². The van der Waals surface area contributed by atoms with Gasteiger partial charge in [0, 0.05) is 11.4 Å². The molecule has 0 bridgehead atoms. The molecule has 0 heterocycles. The number of rotatable bonds is 7. The van der Waals surface area contributed by atoms with Crippen LogP contribution in [-0.2, 0) is 0 Å². The van der Waals surface area contributed by atoms with Crippen LogP contribution in [0.4, 0.5) is 22.7 Å². The molecule has 0 aromatic heterocycles. The van der Waals surface area contributed by atoms with Crippen LogP contribution in [0.2, 0.25) is 0 Å². The van der Waals surface area contributed by atoms with Gasteiger partial charge in [-0.05, 0) is 131 Å². The van der Waals surface area contributed by atoms with E-state index in [1.54, 1.807) is 0 Å². The summed E-state index contributed by atoms with van der Waals surface area (Å²) in [5, 5.41) is 17.2. The van der Waals surface area contributed by atoms with Gasteiger partial charge in [0.2, 0.25) is 0 Å². The van der Waals surface area contributed by atoms with Crippen LogP contribution in [-0.4, -0.2) is 0 Å². The third-order valence-corrected chi connectivity index (χ3v) is 10.6. The third-order valence-electron chi connectivity index (χ3n) is 10.6. The van der Waals surface area contributed by atoms with Crippen LogP contribution < -0.4 is 10.6 Å². The van der Waals surface area contributed by atoms with E-state index in [9.17, 15) is 0 Å². The Morgan fingerprint density at radius 3 is 1.26 bits per heavy atom. The fraction of sp³-hybridized carbons (Fsp3) is 0. The average Bonchev–Trinajstić information content (AvgIpc) is 3.23. The van der Waals surface area contributed by atoms with Gasteiger partial charge in [-0.15, -0.1) is 0 Å².